The fraction of sp³-hybridized carbons (Fsp3) is 0. The van der Waals surface area contributed by atoms with Gasteiger partial charge in [0.05, 0.1) is 10.7 Å². The number of hydrogen-bond donors (Lipinski definition) is 4. The van der Waals surface area contributed by atoms with Crippen LogP contribution in [0, 0.1) is 0 Å². The topological polar surface area (TPSA) is 82.3 Å². The Morgan fingerprint density at radius 1 is 1.05 bits per heavy atom. The molecule has 0 radical (unpaired) electrons. The predicted molar refractivity (Wildman–Crippen MR) is 76.2 cm³/mol. The lowest BCUT2D eigenvalue weighted by molar-refractivity contribution is -0.109. The molecule has 98 valence electrons. The molecule has 19 heavy (non-hydrogen) atoms. The lowest BCUT2D eigenvalue weighted by atomic mass is 10.3. The summed E-state index contributed by atoms with van der Waals surface area (Å²) < 4.78 is 0. The molecule has 0 atom stereocenters. The van der Waals surface area contributed by atoms with Gasteiger partial charge in [0, 0.05) is 5.69 Å². The van der Waals surface area contributed by atoms with Gasteiger partial charge in [-0.15, -0.1) is 11.3 Å². The summed E-state index contributed by atoms with van der Waals surface area (Å²) in [5.41, 5.74) is 6.37. The van der Waals surface area contributed by atoms with E-state index < -0.39 is 0 Å². The fourth-order valence-corrected chi connectivity index (χ4v) is 1.99. The van der Waals surface area contributed by atoms with Crippen LogP contribution in [-0.4, -0.2) is 12.4 Å². The molecule has 0 aliphatic rings. The Hall–Kier alpha value is -2.54. The van der Waals surface area contributed by atoms with E-state index in [-0.39, 0.29) is 6.03 Å². The number of carbonyl (C=O) groups is 2. The number of thiophene rings is 1. The third-order valence-electron chi connectivity index (χ3n) is 2.18. The number of rotatable bonds is 5. The summed E-state index contributed by atoms with van der Waals surface area (Å²) in [6.07, 6.45) is 0.542. The zero-order valence-corrected chi connectivity index (χ0v) is 10.7. The highest BCUT2D eigenvalue weighted by atomic mass is 32.1. The van der Waals surface area contributed by atoms with E-state index in [2.05, 4.69) is 21.5 Å². The molecule has 0 aliphatic heterocycles. The van der Waals surface area contributed by atoms with Crippen molar-refractivity contribution in [3.05, 3.63) is 41.8 Å². The number of hydrogen-bond acceptors (Lipinski definition) is 4. The Labute approximate surface area is 113 Å². The van der Waals surface area contributed by atoms with Crippen LogP contribution in [0.5, 0.6) is 0 Å². The van der Waals surface area contributed by atoms with Gasteiger partial charge in [0.15, 0.2) is 0 Å². The number of urea groups is 1. The minimum atomic E-state index is -0.297. The summed E-state index contributed by atoms with van der Waals surface area (Å²) in [6.45, 7) is 0. The quantitative estimate of drug-likeness (QED) is 0.500. The summed E-state index contributed by atoms with van der Waals surface area (Å²) in [5.74, 6) is 0. The molecule has 2 rings (SSSR count). The van der Waals surface area contributed by atoms with Crippen molar-refractivity contribution in [2.75, 3.05) is 16.1 Å². The molecule has 4 N–H and O–H groups in total. The summed E-state index contributed by atoms with van der Waals surface area (Å²) in [6, 6.07) is 10.3. The van der Waals surface area contributed by atoms with Crippen molar-refractivity contribution in [1.29, 1.82) is 0 Å². The maximum Gasteiger partial charge on any atom is 0.324 e. The van der Waals surface area contributed by atoms with Crippen LogP contribution in [-0.2, 0) is 4.79 Å². The first-order chi connectivity index (χ1) is 9.28. The second-order valence-corrected chi connectivity index (χ2v) is 4.47. The summed E-state index contributed by atoms with van der Waals surface area (Å²) in [7, 11) is 0. The van der Waals surface area contributed by atoms with Crippen LogP contribution in [0.15, 0.2) is 41.8 Å². The minimum absolute atomic E-state index is 0.297. The van der Waals surface area contributed by atoms with Crippen LogP contribution >= 0.6 is 11.3 Å². The predicted octanol–water partition coefficient (Wildman–Crippen LogP) is 2.47. The average Bonchev–Trinajstić information content (AvgIpc) is 2.90. The molecule has 7 heteroatoms. The van der Waals surface area contributed by atoms with Crippen molar-refractivity contribution in [3.8, 4) is 0 Å². The number of carbonyl (C=O) groups excluding carboxylic acids is 2. The smallest absolute Gasteiger partial charge is 0.308 e. The normalized spacial score (nSPS) is 9.47. The largest absolute Gasteiger partial charge is 0.324 e. The highest BCUT2D eigenvalue weighted by molar-refractivity contribution is 7.14. The van der Waals surface area contributed by atoms with Gasteiger partial charge >= 0.3 is 6.03 Å². The standard InChI is InChI=1S/C12H12N4O2S/c17-8-13-16-10-5-3-9(4-6-10)14-12(18)15-11-2-1-7-19-11/h1-8,16H,(H,13,17)(H2,14,15,18). The van der Waals surface area contributed by atoms with Gasteiger partial charge in [-0.1, -0.05) is 0 Å². The number of hydrazine groups is 1. The number of anilines is 3. The first-order valence-corrected chi connectivity index (χ1v) is 6.32. The first kappa shape index (κ1) is 12.9. The minimum Gasteiger partial charge on any atom is -0.308 e. The molecule has 0 bridgehead atoms. The second-order valence-electron chi connectivity index (χ2n) is 3.52. The van der Waals surface area contributed by atoms with Crippen LogP contribution in [0.1, 0.15) is 0 Å². The Bertz CT molecular complexity index is 539. The van der Waals surface area contributed by atoms with E-state index in [1.165, 1.54) is 11.3 Å². The summed E-state index contributed by atoms with van der Waals surface area (Å²) in [4.78, 5) is 21.8. The first-order valence-electron chi connectivity index (χ1n) is 5.45. The van der Waals surface area contributed by atoms with Crippen molar-refractivity contribution in [3.63, 3.8) is 0 Å². The van der Waals surface area contributed by atoms with Crippen LogP contribution in [0.3, 0.4) is 0 Å². The van der Waals surface area contributed by atoms with E-state index in [1.54, 1.807) is 24.3 Å². The third-order valence-corrected chi connectivity index (χ3v) is 2.96. The van der Waals surface area contributed by atoms with Crippen LogP contribution < -0.4 is 21.5 Å². The van der Waals surface area contributed by atoms with Crippen LogP contribution in [0.4, 0.5) is 21.2 Å². The molecule has 0 saturated carbocycles. The van der Waals surface area contributed by atoms with E-state index >= 15 is 0 Å². The van der Waals surface area contributed by atoms with Crippen molar-refractivity contribution in [1.82, 2.24) is 5.43 Å². The van der Waals surface area contributed by atoms with Crippen molar-refractivity contribution < 1.29 is 9.59 Å². The van der Waals surface area contributed by atoms with Gasteiger partial charge in [-0.25, -0.2) is 4.79 Å². The molecule has 0 fully saturated rings. The zero-order chi connectivity index (χ0) is 13.5. The van der Waals surface area contributed by atoms with Crippen LogP contribution in [0.2, 0.25) is 0 Å². The Morgan fingerprint density at radius 2 is 1.79 bits per heavy atom. The molecule has 1 aromatic carbocycles. The zero-order valence-electron chi connectivity index (χ0n) is 9.84. The molecule has 2 aromatic rings. The Balaban J connectivity index is 1.88. The SMILES string of the molecule is O=CNNc1ccc(NC(=O)Nc2cccs2)cc1. The van der Waals surface area contributed by atoms with E-state index in [4.69, 9.17) is 0 Å². The average molecular weight is 276 g/mol. The third kappa shape index (κ3) is 4.00. The highest BCUT2D eigenvalue weighted by Crippen LogP contribution is 2.16. The molecule has 3 amide bonds. The fourth-order valence-electron chi connectivity index (χ4n) is 1.37. The van der Waals surface area contributed by atoms with Gasteiger partial charge in [0.25, 0.3) is 0 Å². The Kier molecular flexibility index (Phi) is 4.35. The lowest BCUT2D eigenvalue weighted by Gasteiger charge is -2.07. The Morgan fingerprint density at radius 3 is 2.42 bits per heavy atom. The van der Waals surface area contributed by atoms with Gasteiger partial charge < -0.3 is 5.32 Å². The highest BCUT2D eigenvalue weighted by Gasteiger charge is 2.02. The van der Waals surface area contributed by atoms with Crippen molar-refractivity contribution in [2.24, 2.45) is 0 Å². The molecule has 6 nitrogen and oxygen atoms in total. The van der Waals surface area contributed by atoms with E-state index in [0.717, 1.165) is 10.7 Å². The molecule has 1 aromatic heterocycles. The maximum atomic E-state index is 11.6. The molecular formula is C12H12N4O2S. The van der Waals surface area contributed by atoms with Gasteiger partial charge in [-0.3, -0.25) is 21.0 Å². The van der Waals surface area contributed by atoms with Crippen molar-refractivity contribution >= 4 is 40.2 Å². The molecule has 0 spiro atoms. The number of amides is 3. The molecular weight excluding hydrogens is 264 g/mol. The van der Waals surface area contributed by atoms with Gasteiger partial charge in [0.2, 0.25) is 6.41 Å². The summed E-state index contributed by atoms with van der Waals surface area (Å²) >= 11 is 1.45. The van der Waals surface area contributed by atoms with Gasteiger partial charge in [0.1, 0.15) is 0 Å². The molecule has 0 unspecified atom stereocenters. The van der Waals surface area contributed by atoms with E-state index in [9.17, 15) is 9.59 Å². The molecule has 0 saturated heterocycles. The van der Waals surface area contributed by atoms with E-state index in [1.807, 2.05) is 17.5 Å². The van der Waals surface area contributed by atoms with Gasteiger partial charge in [-0.2, -0.15) is 0 Å². The maximum absolute atomic E-state index is 11.6. The number of benzene rings is 1. The molecule has 1 heterocycles. The molecule has 0 aliphatic carbocycles. The van der Waals surface area contributed by atoms with Crippen molar-refractivity contribution in [2.45, 2.75) is 0 Å². The number of nitrogens with one attached hydrogen (secondary N) is 4. The van der Waals surface area contributed by atoms with Crippen LogP contribution in [0.25, 0.3) is 0 Å². The summed E-state index contributed by atoms with van der Waals surface area (Å²) in [5, 5.41) is 8.08. The van der Waals surface area contributed by atoms with E-state index in [0.29, 0.717) is 12.1 Å². The monoisotopic (exact) mass is 276 g/mol. The second kappa shape index (κ2) is 6.41. The van der Waals surface area contributed by atoms with Gasteiger partial charge in [-0.05, 0) is 41.8 Å². The lowest BCUT2D eigenvalue weighted by Crippen LogP contribution is -2.20.